The lowest BCUT2D eigenvalue weighted by Gasteiger charge is -2.57. The molecule has 0 aromatic heterocycles. The van der Waals surface area contributed by atoms with Gasteiger partial charge in [0.05, 0.1) is 36.2 Å². The lowest BCUT2D eigenvalue weighted by molar-refractivity contribution is -0.366. The molecule has 21 unspecified atom stereocenters. The van der Waals surface area contributed by atoms with Gasteiger partial charge in [-0.2, -0.15) is 0 Å². The van der Waals surface area contributed by atoms with Crippen LogP contribution in [-0.4, -0.2) is 130 Å². The normalized spacial score (nSPS) is 53.4. The Labute approximate surface area is 329 Å². The monoisotopic (exact) mass is 789 g/mol. The number of cyclic esters (lactones) is 1. The Morgan fingerprint density at radius 1 is 0.750 bits per heavy atom. The number of carbonyl (C=O) groups is 1. The maximum Gasteiger partial charge on any atom is 0.331 e. The van der Waals surface area contributed by atoms with E-state index in [0.29, 0.717) is 24.4 Å². The fourth-order valence-electron chi connectivity index (χ4n) is 12.3. The molecule has 14 nitrogen and oxygen atoms in total. The van der Waals surface area contributed by atoms with E-state index >= 15 is 0 Å². The fraction of sp³-hybridized carbons (Fsp3) is 0.857. The van der Waals surface area contributed by atoms with Crippen LogP contribution in [0.4, 0.5) is 0 Å². The van der Waals surface area contributed by atoms with Gasteiger partial charge in [0.1, 0.15) is 43.2 Å². The van der Waals surface area contributed by atoms with Crippen LogP contribution in [0.2, 0.25) is 0 Å². The van der Waals surface area contributed by atoms with Crippen LogP contribution in [0.25, 0.3) is 0 Å². The Morgan fingerprint density at radius 2 is 1.39 bits per heavy atom. The summed E-state index contributed by atoms with van der Waals surface area (Å²) >= 11 is 0. The number of aliphatic hydroxyl groups is 5. The predicted molar refractivity (Wildman–Crippen MR) is 199 cm³/mol. The van der Waals surface area contributed by atoms with Crippen molar-refractivity contribution in [2.45, 2.75) is 178 Å². The second-order valence-corrected chi connectivity index (χ2v) is 18.7. The molecule has 0 aromatic carbocycles. The molecule has 0 spiro atoms. The molecule has 2 saturated heterocycles. The molecule has 2 bridgehead atoms. The van der Waals surface area contributed by atoms with Crippen molar-refractivity contribution in [1.82, 2.24) is 0 Å². The lowest BCUT2D eigenvalue weighted by atomic mass is 9.49. The number of fused-ring (bicyclic) bond motifs is 6. The quantitative estimate of drug-likeness (QED) is 0.162. The van der Waals surface area contributed by atoms with E-state index in [9.17, 15) is 30.3 Å². The molecule has 21 atom stereocenters. The number of hydrogen-bond donors (Lipinski definition) is 6. The molecule has 4 saturated carbocycles. The zero-order valence-corrected chi connectivity index (χ0v) is 33.3. The second-order valence-electron chi connectivity index (χ2n) is 18.7. The van der Waals surface area contributed by atoms with Crippen LogP contribution in [0.5, 0.6) is 0 Å². The van der Waals surface area contributed by atoms with Crippen LogP contribution in [0, 0.1) is 45.8 Å². The molecular weight excluding hydrogens is 726 g/mol. The van der Waals surface area contributed by atoms with Crippen LogP contribution >= 0.6 is 0 Å². The van der Waals surface area contributed by atoms with Crippen molar-refractivity contribution in [3.63, 3.8) is 0 Å². The van der Waals surface area contributed by atoms with Crippen LogP contribution in [0.15, 0.2) is 23.8 Å². The van der Waals surface area contributed by atoms with Gasteiger partial charge in [0.25, 0.3) is 0 Å². The summed E-state index contributed by atoms with van der Waals surface area (Å²) in [6.45, 7) is 10.0. The first kappa shape index (κ1) is 40.9. The van der Waals surface area contributed by atoms with Gasteiger partial charge in [-0.3, -0.25) is 0 Å². The second kappa shape index (κ2) is 15.7. The molecule has 314 valence electrons. The number of rotatable bonds is 7. The van der Waals surface area contributed by atoms with Gasteiger partial charge in [-0.1, -0.05) is 13.8 Å². The topological polar surface area (TPSA) is 207 Å². The minimum Gasteiger partial charge on any atom is -0.458 e. The van der Waals surface area contributed by atoms with Gasteiger partial charge in [-0.05, 0) is 131 Å². The summed E-state index contributed by atoms with van der Waals surface area (Å²) in [7, 11) is 0. The van der Waals surface area contributed by atoms with E-state index in [0.717, 1.165) is 63.4 Å². The minimum atomic E-state index is -1.51. The number of hydrogen-bond acceptors (Lipinski definition) is 14. The van der Waals surface area contributed by atoms with Gasteiger partial charge in [0, 0.05) is 11.5 Å². The van der Waals surface area contributed by atoms with Crippen molar-refractivity contribution in [2.75, 3.05) is 6.61 Å². The molecule has 0 aromatic rings. The molecule has 8 aliphatic rings. The van der Waals surface area contributed by atoms with Gasteiger partial charge in [-0.15, -0.1) is 0 Å². The van der Waals surface area contributed by atoms with Crippen LogP contribution in [0.3, 0.4) is 0 Å². The van der Waals surface area contributed by atoms with Crippen LogP contribution in [0.1, 0.15) is 92.4 Å². The van der Waals surface area contributed by atoms with Crippen molar-refractivity contribution >= 4 is 11.7 Å². The van der Waals surface area contributed by atoms with Gasteiger partial charge >= 0.3 is 5.97 Å². The number of esters is 1. The highest BCUT2D eigenvalue weighted by Gasteiger charge is 2.60. The molecular formula is C42H63NO13. The third-order valence-electron chi connectivity index (χ3n) is 15.7. The molecule has 4 heterocycles. The minimum absolute atomic E-state index is 0.0747. The molecule has 6 fully saturated rings. The molecule has 56 heavy (non-hydrogen) atoms. The smallest absolute Gasteiger partial charge is 0.331 e. The number of carbonyl (C=O) groups excluding carboxylic acids is 1. The van der Waals surface area contributed by atoms with E-state index in [1.54, 1.807) is 32.9 Å². The molecule has 4 aliphatic heterocycles. The van der Waals surface area contributed by atoms with E-state index in [1.165, 1.54) is 6.08 Å². The Kier molecular flexibility index (Phi) is 11.4. The van der Waals surface area contributed by atoms with E-state index in [-0.39, 0.29) is 40.5 Å². The first-order chi connectivity index (χ1) is 26.6. The Hall–Kier alpha value is -1.82. The SMILES string of the molecule is CC1OC(OC2C(O)C(C)OC(OC3C(O)C(C)OC(OC4CCC5(C)C(CCC6C7CCC(C8=CC(=O)OC8)C(C)(CCC65)C7O)C4)C3O)C2O)C=CC1=N. The van der Waals surface area contributed by atoms with E-state index in [1.807, 2.05) is 0 Å². The molecule has 0 radical (unpaired) electrons. The Morgan fingerprint density at radius 3 is 2.05 bits per heavy atom. The fourth-order valence-corrected chi connectivity index (χ4v) is 12.3. The summed E-state index contributed by atoms with van der Waals surface area (Å²) in [5.41, 5.74) is 1.09. The molecule has 4 aliphatic carbocycles. The van der Waals surface area contributed by atoms with Crippen LogP contribution in [-0.2, 0) is 38.0 Å². The summed E-state index contributed by atoms with van der Waals surface area (Å²) in [6.07, 6.45) is -0.701. The predicted octanol–water partition coefficient (Wildman–Crippen LogP) is 2.90. The maximum absolute atomic E-state index is 12.0. The van der Waals surface area contributed by atoms with Crippen molar-refractivity contribution in [1.29, 1.82) is 5.41 Å². The first-order valence-corrected chi connectivity index (χ1v) is 21.1. The number of aliphatic hydroxyl groups excluding tert-OH is 5. The highest BCUT2D eigenvalue weighted by molar-refractivity contribution is 5.96. The summed E-state index contributed by atoms with van der Waals surface area (Å²) in [5.74, 6) is 1.42. The summed E-state index contributed by atoms with van der Waals surface area (Å²) in [4.78, 5) is 12.0. The van der Waals surface area contributed by atoms with Crippen molar-refractivity contribution in [2.24, 2.45) is 40.4 Å². The third-order valence-corrected chi connectivity index (χ3v) is 15.7. The standard InChI is InChI=1S/C42H63NO13/c1-19-29(43)10-11-31(51-19)55-36-32(45)20(2)53-40(34(36)47)56-37-33(46)21(3)52-39(35(37)48)54-24-12-14-41(4)23(17-24)6-7-25-26-8-9-27(22-16-30(44)50-18-22)42(5,38(26)49)15-13-28(25)41/h10-11,16,19-21,23-28,31-40,43,45-49H,6-9,12-15,17-18H2,1-5H3. The molecule has 0 amide bonds. The van der Waals surface area contributed by atoms with E-state index in [2.05, 4.69) is 13.8 Å². The Balaban J connectivity index is 0.916. The van der Waals surface area contributed by atoms with Crippen LogP contribution < -0.4 is 0 Å². The Bertz CT molecular complexity index is 1540. The largest absolute Gasteiger partial charge is 0.458 e. The lowest BCUT2D eigenvalue weighted by Crippen LogP contribution is -2.64. The van der Waals surface area contributed by atoms with Crippen molar-refractivity contribution < 1.29 is 63.5 Å². The average Bonchev–Trinajstić information content (AvgIpc) is 3.58. The average molecular weight is 790 g/mol. The van der Waals surface area contributed by atoms with Gasteiger partial charge in [0.15, 0.2) is 18.9 Å². The number of nitrogens with one attached hydrogen (secondary N) is 1. The summed E-state index contributed by atoms with van der Waals surface area (Å²) in [6, 6.07) is 0. The third kappa shape index (κ3) is 7.16. The van der Waals surface area contributed by atoms with Gasteiger partial charge in [0.2, 0.25) is 0 Å². The number of ether oxygens (including phenoxy) is 7. The van der Waals surface area contributed by atoms with E-state index in [4.69, 9.17) is 38.6 Å². The summed E-state index contributed by atoms with van der Waals surface area (Å²) < 4.78 is 41.6. The molecule has 14 heteroatoms. The molecule has 8 rings (SSSR count). The summed E-state index contributed by atoms with van der Waals surface area (Å²) in [5, 5.41) is 64.9. The zero-order chi connectivity index (χ0) is 39.8. The molecule has 6 N–H and O–H groups in total. The zero-order valence-electron chi connectivity index (χ0n) is 33.3. The van der Waals surface area contributed by atoms with Crippen molar-refractivity contribution in [3.05, 3.63) is 23.8 Å². The van der Waals surface area contributed by atoms with E-state index < -0.39 is 79.9 Å². The highest BCUT2D eigenvalue weighted by Crippen LogP contribution is 2.65. The van der Waals surface area contributed by atoms with Gasteiger partial charge in [-0.25, -0.2) is 4.79 Å². The van der Waals surface area contributed by atoms with Gasteiger partial charge < -0.3 is 64.1 Å². The maximum atomic E-state index is 12.0. The highest BCUT2D eigenvalue weighted by atomic mass is 16.7. The first-order valence-electron chi connectivity index (χ1n) is 21.1. The van der Waals surface area contributed by atoms with Crippen molar-refractivity contribution in [3.8, 4) is 0 Å².